The zero-order valence-electron chi connectivity index (χ0n) is 13.0. The molecule has 1 aromatic heterocycles. The van der Waals surface area contributed by atoms with Crippen molar-refractivity contribution in [2.24, 2.45) is 5.92 Å². The molecular formula is C17H25N3OS. The smallest absolute Gasteiger partial charge is 0.236 e. The van der Waals surface area contributed by atoms with Crippen LogP contribution in [0.4, 0.5) is 0 Å². The van der Waals surface area contributed by atoms with Gasteiger partial charge in [0.2, 0.25) is 5.91 Å². The van der Waals surface area contributed by atoms with Gasteiger partial charge in [0.05, 0.1) is 11.6 Å². The van der Waals surface area contributed by atoms with Crippen molar-refractivity contribution in [3.8, 4) is 0 Å². The van der Waals surface area contributed by atoms with Gasteiger partial charge in [-0.25, -0.2) is 4.98 Å². The number of carbonyl (C=O) groups is 1. The quantitative estimate of drug-likeness (QED) is 0.819. The third-order valence-electron chi connectivity index (χ3n) is 4.65. The summed E-state index contributed by atoms with van der Waals surface area (Å²) < 4.78 is 0. The number of aromatic nitrogens is 1. The fourth-order valence-electron chi connectivity index (χ4n) is 3.36. The number of likely N-dealkylation sites (tertiary alicyclic amines) is 1. The molecule has 4 nitrogen and oxygen atoms in total. The predicted molar refractivity (Wildman–Crippen MR) is 89.9 cm³/mol. The molecule has 5 heteroatoms. The molecule has 120 valence electrons. The summed E-state index contributed by atoms with van der Waals surface area (Å²) >= 11 is 1.85. The van der Waals surface area contributed by atoms with Crippen molar-refractivity contribution < 1.29 is 4.79 Å². The van der Waals surface area contributed by atoms with Crippen LogP contribution in [-0.4, -0.2) is 47.2 Å². The lowest BCUT2D eigenvalue weighted by Crippen LogP contribution is -2.39. The molecule has 22 heavy (non-hydrogen) atoms. The highest BCUT2D eigenvalue weighted by molar-refractivity contribution is 7.99. The summed E-state index contributed by atoms with van der Waals surface area (Å²) in [6, 6.07) is 6.58. The molecule has 0 radical (unpaired) electrons. The third kappa shape index (κ3) is 4.46. The molecule has 3 rings (SSSR count). The Morgan fingerprint density at radius 3 is 2.95 bits per heavy atom. The molecule has 1 amide bonds. The summed E-state index contributed by atoms with van der Waals surface area (Å²) in [4.78, 5) is 18.4. The second-order valence-corrected chi connectivity index (χ2v) is 7.36. The maximum Gasteiger partial charge on any atom is 0.236 e. The first-order valence-corrected chi connectivity index (χ1v) is 9.35. The van der Waals surface area contributed by atoms with Crippen molar-refractivity contribution in [2.75, 3.05) is 25.4 Å². The van der Waals surface area contributed by atoms with E-state index in [0.29, 0.717) is 12.6 Å². The Bertz CT molecular complexity index is 476. The van der Waals surface area contributed by atoms with Crippen LogP contribution in [0.2, 0.25) is 0 Å². The maximum atomic E-state index is 12.0. The van der Waals surface area contributed by atoms with Crippen LogP contribution in [0, 0.1) is 5.92 Å². The largest absolute Gasteiger partial charge is 0.342 e. The van der Waals surface area contributed by atoms with E-state index < -0.39 is 0 Å². The van der Waals surface area contributed by atoms with E-state index >= 15 is 0 Å². The topological polar surface area (TPSA) is 45.2 Å². The summed E-state index contributed by atoms with van der Waals surface area (Å²) in [6.45, 7) is 2.42. The summed E-state index contributed by atoms with van der Waals surface area (Å²) in [5.74, 6) is 2.16. The Hall–Kier alpha value is -1.07. The number of hydrogen-bond donors (Lipinski definition) is 1. The highest BCUT2D eigenvalue weighted by atomic mass is 32.2. The van der Waals surface area contributed by atoms with E-state index in [1.54, 1.807) is 0 Å². The summed E-state index contributed by atoms with van der Waals surface area (Å²) in [6.07, 6.45) is 7.83. The summed E-state index contributed by atoms with van der Waals surface area (Å²) in [5.41, 5.74) is 0. The van der Waals surface area contributed by atoms with Gasteiger partial charge in [-0.15, -0.1) is 11.8 Å². The monoisotopic (exact) mass is 319 g/mol. The Morgan fingerprint density at radius 1 is 1.32 bits per heavy atom. The lowest BCUT2D eigenvalue weighted by Gasteiger charge is -2.18. The number of carbonyl (C=O) groups excluding carboxylic acids is 1. The van der Waals surface area contributed by atoms with Crippen LogP contribution in [0.1, 0.15) is 32.1 Å². The fraction of sp³-hybridized carbons (Fsp3) is 0.647. The van der Waals surface area contributed by atoms with Crippen molar-refractivity contribution in [1.82, 2.24) is 15.2 Å². The number of nitrogens with zero attached hydrogens (tertiary/aromatic N) is 2. The summed E-state index contributed by atoms with van der Waals surface area (Å²) in [5, 5.41) is 4.58. The molecule has 0 spiro atoms. The molecule has 2 aliphatic rings. The first kappa shape index (κ1) is 15.8. The Morgan fingerprint density at radius 2 is 2.18 bits per heavy atom. The number of thioether (sulfide) groups is 1. The first-order valence-electron chi connectivity index (χ1n) is 8.36. The molecule has 1 N–H and O–H groups in total. The van der Waals surface area contributed by atoms with Gasteiger partial charge < -0.3 is 10.2 Å². The molecule has 1 aliphatic heterocycles. The van der Waals surface area contributed by atoms with Gasteiger partial charge >= 0.3 is 0 Å². The van der Waals surface area contributed by atoms with E-state index in [1.165, 1.54) is 32.1 Å². The third-order valence-corrected chi connectivity index (χ3v) is 5.82. The van der Waals surface area contributed by atoms with Crippen LogP contribution < -0.4 is 5.32 Å². The molecule has 2 atom stereocenters. The Labute approximate surface area is 137 Å². The van der Waals surface area contributed by atoms with Gasteiger partial charge in [-0.1, -0.05) is 6.07 Å². The first-order chi connectivity index (χ1) is 10.8. The standard InChI is InChI=1S/C17H25N3OS/c21-17(20-9-3-4-10-20)12-19-15-7-6-14(11-15)13-22-16-5-1-2-8-18-16/h1-2,5,8,14-15,19H,3-4,6-7,9-13H2. The molecule has 2 unspecified atom stereocenters. The van der Waals surface area contributed by atoms with Crippen molar-refractivity contribution in [1.29, 1.82) is 0 Å². The van der Waals surface area contributed by atoms with E-state index in [9.17, 15) is 4.79 Å². The Kier molecular flexibility index (Phi) is 5.73. The normalized spacial score (nSPS) is 24.8. The molecule has 1 saturated carbocycles. The van der Waals surface area contributed by atoms with Crippen molar-refractivity contribution >= 4 is 17.7 Å². The lowest BCUT2D eigenvalue weighted by atomic mass is 10.1. The SMILES string of the molecule is O=C(CNC1CCC(CSc2ccccn2)C1)N1CCCC1. The van der Waals surface area contributed by atoms with Gasteiger partial charge in [0.1, 0.15) is 0 Å². The van der Waals surface area contributed by atoms with Gasteiger partial charge in [-0.2, -0.15) is 0 Å². The number of amides is 1. The van der Waals surface area contributed by atoms with Crippen LogP contribution in [0.25, 0.3) is 0 Å². The highest BCUT2D eigenvalue weighted by Crippen LogP contribution is 2.30. The van der Waals surface area contributed by atoms with E-state index in [-0.39, 0.29) is 5.91 Å². The van der Waals surface area contributed by atoms with Crippen LogP contribution in [0.3, 0.4) is 0 Å². The molecule has 1 aromatic rings. The van der Waals surface area contributed by atoms with Gasteiger partial charge in [0, 0.05) is 31.1 Å². The van der Waals surface area contributed by atoms with Crippen molar-refractivity contribution in [3.05, 3.63) is 24.4 Å². The van der Waals surface area contributed by atoms with Crippen LogP contribution in [0.5, 0.6) is 0 Å². The highest BCUT2D eigenvalue weighted by Gasteiger charge is 2.26. The van der Waals surface area contributed by atoms with Crippen LogP contribution >= 0.6 is 11.8 Å². The average molecular weight is 319 g/mol. The lowest BCUT2D eigenvalue weighted by molar-refractivity contribution is -0.129. The zero-order chi connectivity index (χ0) is 15.2. The number of rotatable bonds is 6. The number of pyridine rings is 1. The average Bonchev–Trinajstić information content (AvgIpc) is 3.23. The molecule has 0 aromatic carbocycles. The maximum absolute atomic E-state index is 12.0. The van der Waals surface area contributed by atoms with Gasteiger partial charge in [-0.05, 0) is 50.2 Å². The van der Waals surface area contributed by atoms with E-state index in [0.717, 1.165) is 29.8 Å². The minimum atomic E-state index is 0.281. The minimum Gasteiger partial charge on any atom is -0.342 e. The van der Waals surface area contributed by atoms with Crippen LogP contribution in [-0.2, 0) is 4.79 Å². The Balaban J connectivity index is 1.34. The van der Waals surface area contributed by atoms with Gasteiger partial charge in [0.25, 0.3) is 0 Å². The van der Waals surface area contributed by atoms with Crippen LogP contribution in [0.15, 0.2) is 29.4 Å². The number of nitrogens with one attached hydrogen (secondary N) is 1. The molecular weight excluding hydrogens is 294 g/mol. The van der Waals surface area contributed by atoms with E-state index in [2.05, 4.69) is 16.4 Å². The molecule has 1 aliphatic carbocycles. The molecule has 1 saturated heterocycles. The second kappa shape index (κ2) is 7.97. The van der Waals surface area contributed by atoms with E-state index in [1.807, 2.05) is 35.0 Å². The predicted octanol–water partition coefficient (Wildman–Crippen LogP) is 2.55. The minimum absolute atomic E-state index is 0.281. The fourth-order valence-corrected chi connectivity index (χ4v) is 4.38. The van der Waals surface area contributed by atoms with E-state index in [4.69, 9.17) is 0 Å². The van der Waals surface area contributed by atoms with Gasteiger partial charge in [-0.3, -0.25) is 4.79 Å². The zero-order valence-corrected chi connectivity index (χ0v) is 13.9. The molecule has 0 bridgehead atoms. The molecule has 2 heterocycles. The number of hydrogen-bond acceptors (Lipinski definition) is 4. The second-order valence-electron chi connectivity index (χ2n) is 6.32. The van der Waals surface area contributed by atoms with Crippen molar-refractivity contribution in [2.45, 2.75) is 43.2 Å². The molecule has 2 fully saturated rings. The summed E-state index contributed by atoms with van der Waals surface area (Å²) in [7, 11) is 0. The van der Waals surface area contributed by atoms with Crippen molar-refractivity contribution in [3.63, 3.8) is 0 Å². The van der Waals surface area contributed by atoms with Gasteiger partial charge in [0.15, 0.2) is 0 Å².